The molecule has 3 aromatic rings. The van der Waals surface area contributed by atoms with E-state index in [1.807, 2.05) is 37.2 Å². The minimum absolute atomic E-state index is 0.129. The van der Waals surface area contributed by atoms with Gasteiger partial charge in [0.25, 0.3) is 5.91 Å². The minimum atomic E-state index is -0.440. The van der Waals surface area contributed by atoms with E-state index in [1.54, 1.807) is 11.8 Å². The summed E-state index contributed by atoms with van der Waals surface area (Å²) in [5, 5.41) is 4.16. The van der Waals surface area contributed by atoms with Gasteiger partial charge in [0.15, 0.2) is 11.6 Å². The van der Waals surface area contributed by atoms with Gasteiger partial charge in [-0.2, -0.15) is 0 Å². The smallest absolute Gasteiger partial charge is 0.275 e. The van der Waals surface area contributed by atoms with Crippen LogP contribution in [0, 0.1) is 20.8 Å². The van der Waals surface area contributed by atoms with Gasteiger partial charge in [-0.3, -0.25) is 14.5 Å². The highest BCUT2D eigenvalue weighted by molar-refractivity contribution is 5.99. The first-order valence-electron chi connectivity index (χ1n) is 10.0. The van der Waals surface area contributed by atoms with Gasteiger partial charge >= 0.3 is 0 Å². The van der Waals surface area contributed by atoms with Crippen LogP contribution in [-0.2, 0) is 11.8 Å². The Hall–Kier alpha value is -3.13. The van der Waals surface area contributed by atoms with Gasteiger partial charge in [-0.25, -0.2) is 4.98 Å². The molecule has 0 saturated carbocycles. The van der Waals surface area contributed by atoms with E-state index in [4.69, 9.17) is 4.42 Å². The topological polar surface area (TPSA) is 83.6 Å². The highest BCUT2D eigenvalue weighted by Gasteiger charge is 2.33. The number of amides is 2. The molecule has 1 aromatic carbocycles. The Morgan fingerprint density at radius 3 is 2.63 bits per heavy atom. The number of rotatable bonds is 3. The van der Waals surface area contributed by atoms with E-state index in [9.17, 15) is 9.59 Å². The summed E-state index contributed by atoms with van der Waals surface area (Å²) in [4.78, 5) is 33.5. The third-order valence-corrected chi connectivity index (χ3v) is 6.15. The molecule has 1 fully saturated rings. The number of oxazole rings is 1. The number of carbonyl (C=O) groups excluding carboxylic acids is 2. The Morgan fingerprint density at radius 2 is 1.93 bits per heavy atom. The molecule has 8 nitrogen and oxygen atoms in total. The fourth-order valence-corrected chi connectivity index (χ4v) is 4.02. The van der Waals surface area contributed by atoms with Crippen LogP contribution in [0.5, 0.6) is 0 Å². The van der Waals surface area contributed by atoms with Crippen LogP contribution in [-0.4, -0.2) is 63.9 Å². The monoisotopic (exact) mass is 409 g/mol. The number of nitrogens with zero attached hydrogens (tertiary/aromatic N) is 4. The second-order valence-electron chi connectivity index (χ2n) is 7.99. The first-order valence-corrected chi connectivity index (χ1v) is 10.0. The lowest BCUT2D eigenvalue weighted by molar-refractivity contribution is -0.122. The Kier molecular flexibility index (Phi) is 5.11. The third-order valence-electron chi connectivity index (χ3n) is 6.15. The molecule has 0 bridgehead atoms. The van der Waals surface area contributed by atoms with E-state index < -0.39 is 6.04 Å². The number of anilines is 1. The molecule has 1 saturated heterocycles. The predicted octanol–water partition coefficient (Wildman–Crippen LogP) is 2.49. The Morgan fingerprint density at radius 1 is 1.17 bits per heavy atom. The predicted molar refractivity (Wildman–Crippen MR) is 115 cm³/mol. The van der Waals surface area contributed by atoms with Gasteiger partial charge in [0.1, 0.15) is 12.3 Å². The number of likely N-dealkylation sites (N-methyl/N-ethyl adjacent to an activating group) is 1. The highest BCUT2D eigenvalue weighted by Crippen LogP contribution is 2.27. The van der Waals surface area contributed by atoms with Crippen molar-refractivity contribution in [3.05, 3.63) is 47.3 Å². The van der Waals surface area contributed by atoms with Gasteiger partial charge in [-0.15, -0.1) is 0 Å². The van der Waals surface area contributed by atoms with Crippen LogP contribution in [0.15, 0.2) is 28.9 Å². The number of nitrogens with one attached hydrogen (secondary N) is 1. The van der Waals surface area contributed by atoms with Crippen LogP contribution < -0.4 is 5.32 Å². The van der Waals surface area contributed by atoms with Crippen molar-refractivity contribution in [3.63, 3.8) is 0 Å². The maximum absolute atomic E-state index is 13.0. The maximum atomic E-state index is 13.0. The molecule has 30 heavy (non-hydrogen) atoms. The largest absolute Gasteiger partial charge is 0.448 e. The molecule has 1 unspecified atom stereocenters. The summed E-state index contributed by atoms with van der Waals surface area (Å²) in [7, 11) is 3.95. The highest BCUT2D eigenvalue weighted by atomic mass is 16.3. The van der Waals surface area contributed by atoms with Gasteiger partial charge in [0.05, 0.1) is 0 Å². The number of hydrogen-bond acceptors (Lipinski definition) is 5. The molecule has 1 aliphatic rings. The SMILES string of the molecule is Cc1nc(C(=O)N2CCN(C)C(C(=O)Nc3ccc4c(c3)c(C)c(C)n4C)C2)co1. The van der Waals surface area contributed by atoms with Crippen molar-refractivity contribution in [2.75, 3.05) is 32.0 Å². The minimum Gasteiger partial charge on any atom is -0.448 e. The summed E-state index contributed by atoms with van der Waals surface area (Å²) in [6, 6.07) is 5.52. The quantitative estimate of drug-likeness (QED) is 0.719. The molecule has 1 atom stereocenters. The van der Waals surface area contributed by atoms with Gasteiger partial charge in [-0.1, -0.05) is 0 Å². The molecule has 8 heteroatoms. The molecular formula is C22H27N5O3. The molecule has 0 spiro atoms. The first-order chi connectivity index (χ1) is 14.3. The lowest BCUT2D eigenvalue weighted by Gasteiger charge is -2.38. The summed E-state index contributed by atoms with van der Waals surface area (Å²) in [6.45, 7) is 7.33. The van der Waals surface area contributed by atoms with E-state index in [0.29, 0.717) is 25.5 Å². The second-order valence-corrected chi connectivity index (χ2v) is 7.99. The van der Waals surface area contributed by atoms with Crippen molar-refractivity contribution in [2.45, 2.75) is 26.8 Å². The molecule has 1 aliphatic heterocycles. The van der Waals surface area contributed by atoms with Crippen molar-refractivity contribution in [1.29, 1.82) is 0 Å². The van der Waals surface area contributed by atoms with Gasteiger partial charge in [0, 0.05) is 55.9 Å². The van der Waals surface area contributed by atoms with Crippen LogP contribution in [0.3, 0.4) is 0 Å². The average Bonchev–Trinajstić information content (AvgIpc) is 3.25. The van der Waals surface area contributed by atoms with Crippen LogP contribution >= 0.6 is 0 Å². The van der Waals surface area contributed by atoms with E-state index >= 15 is 0 Å². The van der Waals surface area contributed by atoms with Gasteiger partial charge in [-0.05, 0) is 44.7 Å². The molecule has 1 N–H and O–H groups in total. The zero-order valence-corrected chi connectivity index (χ0v) is 18.0. The summed E-state index contributed by atoms with van der Waals surface area (Å²) >= 11 is 0. The van der Waals surface area contributed by atoms with E-state index in [0.717, 1.165) is 16.6 Å². The lowest BCUT2D eigenvalue weighted by atomic mass is 10.1. The Labute approximate surface area is 175 Å². The van der Waals surface area contributed by atoms with Crippen molar-refractivity contribution in [3.8, 4) is 0 Å². The summed E-state index contributed by atoms with van der Waals surface area (Å²) in [6.07, 6.45) is 1.37. The second kappa shape index (κ2) is 7.60. The number of hydrogen-bond donors (Lipinski definition) is 1. The summed E-state index contributed by atoms with van der Waals surface area (Å²) in [5.74, 6) is 0.106. The summed E-state index contributed by atoms with van der Waals surface area (Å²) < 4.78 is 7.31. The van der Waals surface area contributed by atoms with Crippen molar-refractivity contribution in [1.82, 2.24) is 19.4 Å². The van der Waals surface area contributed by atoms with E-state index in [-0.39, 0.29) is 17.5 Å². The number of piperazine rings is 1. The number of aryl methyl sites for hydroxylation is 3. The van der Waals surface area contributed by atoms with E-state index in [2.05, 4.69) is 28.7 Å². The normalized spacial score (nSPS) is 17.5. The molecule has 4 rings (SSSR count). The van der Waals surface area contributed by atoms with Crippen molar-refractivity contribution < 1.29 is 14.0 Å². The maximum Gasteiger partial charge on any atom is 0.275 e. The fourth-order valence-electron chi connectivity index (χ4n) is 4.02. The van der Waals surface area contributed by atoms with Gasteiger partial charge < -0.3 is 19.2 Å². The molecule has 158 valence electrons. The van der Waals surface area contributed by atoms with Gasteiger partial charge in [0.2, 0.25) is 5.91 Å². The van der Waals surface area contributed by atoms with Crippen LogP contribution in [0.25, 0.3) is 10.9 Å². The van der Waals surface area contributed by atoms with Crippen LogP contribution in [0.4, 0.5) is 5.69 Å². The number of carbonyl (C=O) groups is 2. The molecule has 3 heterocycles. The summed E-state index contributed by atoms with van der Waals surface area (Å²) in [5.41, 5.74) is 4.58. The molecular weight excluding hydrogens is 382 g/mol. The Bertz CT molecular complexity index is 1130. The molecule has 0 aliphatic carbocycles. The number of aromatic nitrogens is 2. The zero-order chi connectivity index (χ0) is 21.6. The third kappa shape index (κ3) is 3.47. The standard InChI is InChI=1S/C22H27N5O3/c1-13-14(2)26(5)19-7-6-16(10-17(13)19)24-21(28)20-11-27(9-8-25(20)4)22(29)18-12-30-15(3)23-18/h6-7,10,12,20H,8-9,11H2,1-5H3,(H,24,28). The van der Waals surface area contributed by atoms with Crippen LogP contribution in [0.1, 0.15) is 27.6 Å². The Balaban J connectivity index is 1.51. The average molecular weight is 409 g/mol. The molecule has 2 aromatic heterocycles. The fraction of sp³-hybridized carbons (Fsp3) is 0.409. The molecule has 2 amide bonds. The molecule has 0 radical (unpaired) electrons. The first kappa shape index (κ1) is 20.2. The van der Waals surface area contributed by atoms with Crippen molar-refractivity contribution >= 4 is 28.4 Å². The van der Waals surface area contributed by atoms with Crippen LogP contribution in [0.2, 0.25) is 0 Å². The van der Waals surface area contributed by atoms with Crippen molar-refractivity contribution in [2.24, 2.45) is 7.05 Å². The lowest BCUT2D eigenvalue weighted by Crippen LogP contribution is -2.57. The number of benzene rings is 1. The number of fused-ring (bicyclic) bond motifs is 1. The van der Waals surface area contributed by atoms with E-state index in [1.165, 1.54) is 17.5 Å². The zero-order valence-electron chi connectivity index (χ0n) is 18.0.